The van der Waals surface area contributed by atoms with Crippen molar-refractivity contribution in [1.82, 2.24) is 0 Å². The Balaban J connectivity index is 0.000000423. The van der Waals surface area contributed by atoms with E-state index in [1.165, 1.54) is 19.2 Å². The van der Waals surface area contributed by atoms with Crippen molar-refractivity contribution in [3.8, 4) is 5.75 Å². The zero-order valence-corrected chi connectivity index (χ0v) is 7.81. The minimum absolute atomic E-state index is 0.377. The Morgan fingerprint density at radius 2 is 2.13 bits per heavy atom. The number of hydrogen-bond donors (Lipinski definition) is 3. The van der Waals surface area contributed by atoms with E-state index in [4.69, 9.17) is 25.9 Å². The van der Waals surface area contributed by atoms with Crippen LogP contribution >= 0.6 is 0 Å². The normalized spacial score (nSPS) is 8.47. The number of nitrogens with one attached hydrogen (secondary N) is 1. The van der Waals surface area contributed by atoms with Crippen LogP contribution in [0.15, 0.2) is 18.2 Å². The number of benzene rings is 1. The molecule has 0 saturated heterocycles. The van der Waals surface area contributed by atoms with Crippen LogP contribution in [0.5, 0.6) is 5.75 Å². The zero-order chi connectivity index (χ0) is 11.8. The molecule has 0 spiro atoms. The summed E-state index contributed by atoms with van der Waals surface area (Å²) in [6.07, 6.45) is 0. The van der Waals surface area contributed by atoms with E-state index in [1.54, 1.807) is 6.07 Å². The molecule has 0 radical (unpaired) electrons. The van der Waals surface area contributed by atoms with E-state index < -0.39 is 5.09 Å². The molecule has 7 nitrogen and oxygen atoms in total. The lowest BCUT2D eigenvalue weighted by atomic mass is 10.3. The van der Waals surface area contributed by atoms with Gasteiger partial charge in [0.05, 0.1) is 12.8 Å². The van der Waals surface area contributed by atoms with Crippen LogP contribution in [0.3, 0.4) is 0 Å². The highest BCUT2D eigenvalue weighted by atomic mass is 19.1. The highest BCUT2D eigenvalue weighted by Gasteiger charge is 1.97. The van der Waals surface area contributed by atoms with Gasteiger partial charge in [-0.2, -0.15) is 0 Å². The van der Waals surface area contributed by atoms with Crippen molar-refractivity contribution >= 4 is 5.69 Å². The standard InChI is InChI=1S/C7H9FN2O.HNO3/c1-11-7-3-5(8)2-6(4-7)10-9;2-1(3)4/h2-4,10H,9H2,1H3;(H,2,3,4). The van der Waals surface area contributed by atoms with Gasteiger partial charge < -0.3 is 15.4 Å². The van der Waals surface area contributed by atoms with Gasteiger partial charge in [0.2, 0.25) is 0 Å². The van der Waals surface area contributed by atoms with Crippen molar-refractivity contribution in [3.63, 3.8) is 0 Å². The summed E-state index contributed by atoms with van der Waals surface area (Å²) in [6.45, 7) is 0. The number of anilines is 1. The third kappa shape index (κ3) is 6.05. The summed E-state index contributed by atoms with van der Waals surface area (Å²) < 4.78 is 17.4. The molecular formula is C7H10FN3O4. The molecule has 0 aliphatic heterocycles. The number of hydrogen-bond acceptors (Lipinski definition) is 5. The first-order valence-corrected chi connectivity index (χ1v) is 3.64. The van der Waals surface area contributed by atoms with Crippen molar-refractivity contribution in [3.05, 3.63) is 34.1 Å². The van der Waals surface area contributed by atoms with Crippen LogP contribution in [0.2, 0.25) is 0 Å². The fourth-order valence-corrected chi connectivity index (χ4v) is 0.764. The molecule has 15 heavy (non-hydrogen) atoms. The molecule has 1 aromatic rings. The van der Waals surface area contributed by atoms with Gasteiger partial charge in [-0.3, -0.25) is 5.84 Å². The Morgan fingerprint density at radius 1 is 1.60 bits per heavy atom. The maximum absolute atomic E-state index is 12.6. The molecule has 0 aliphatic rings. The largest absolute Gasteiger partial charge is 0.497 e. The molecule has 4 N–H and O–H groups in total. The first kappa shape index (κ1) is 12.9. The Morgan fingerprint density at radius 3 is 2.53 bits per heavy atom. The molecule has 0 unspecified atom stereocenters. The number of halogens is 1. The minimum Gasteiger partial charge on any atom is -0.497 e. The van der Waals surface area contributed by atoms with Gasteiger partial charge >= 0.3 is 0 Å². The second kappa shape index (κ2) is 6.38. The molecule has 0 fully saturated rings. The number of nitrogens with two attached hydrogens (primary N) is 1. The van der Waals surface area contributed by atoms with E-state index in [-0.39, 0.29) is 5.82 Å². The van der Waals surface area contributed by atoms with Gasteiger partial charge in [-0.15, -0.1) is 10.1 Å². The number of methoxy groups -OCH3 is 1. The molecule has 0 heterocycles. The van der Waals surface area contributed by atoms with Crippen LogP contribution in [0.25, 0.3) is 0 Å². The van der Waals surface area contributed by atoms with Crippen molar-refractivity contribution in [2.24, 2.45) is 5.84 Å². The fourth-order valence-electron chi connectivity index (χ4n) is 0.764. The maximum atomic E-state index is 12.6. The summed E-state index contributed by atoms with van der Waals surface area (Å²) in [7, 11) is 1.47. The molecule has 0 bridgehead atoms. The van der Waals surface area contributed by atoms with Crippen LogP contribution in [0, 0.1) is 15.9 Å². The van der Waals surface area contributed by atoms with Crippen molar-refractivity contribution in [2.75, 3.05) is 12.5 Å². The molecule has 0 aliphatic carbocycles. The number of ether oxygens (including phenoxy) is 1. The molecule has 0 atom stereocenters. The zero-order valence-electron chi connectivity index (χ0n) is 7.81. The van der Waals surface area contributed by atoms with Gasteiger partial charge in [0, 0.05) is 12.1 Å². The molecule has 0 aromatic heterocycles. The van der Waals surface area contributed by atoms with E-state index >= 15 is 0 Å². The van der Waals surface area contributed by atoms with Gasteiger partial charge in [0.25, 0.3) is 5.09 Å². The predicted octanol–water partition coefficient (Wildman–Crippen LogP) is 0.772. The van der Waals surface area contributed by atoms with Gasteiger partial charge in [-0.25, -0.2) is 4.39 Å². The van der Waals surface area contributed by atoms with E-state index in [0.717, 1.165) is 0 Å². The number of nitrogen functional groups attached to an aromatic ring is 1. The second-order valence-corrected chi connectivity index (χ2v) is 2.26. The van der Waals surface area contributed by atoms with Crippen LogP contribution in [0.4, 0.5) is 10.1 Å². The molecule has 1 rings (SSSR count). The lowest BCUT2D eigenvalue weighted by Gasteiger charge is -2.03. The van der Waals surface area contributed by atoms with E-state index in [1.807, 2.05) is 0 Å². The summed E-state index contributed by atoms with van der Waals surface area (Å²) in [5.74, 6) is 5.14. The van der Waals surface area contributed by atoms with E-state index in [0.29, 0.717) is 11.4 Å². The number of hydrazine groups is 1. The molecule has 1 aromatic carbocycles. The fraction of sp³-hybridized carbons (Fsp3) is 0.143. The lowest BCUT2D eigenvalue weighted by Crippen LogP contribution is -2.06. The minimum atomic E-state index is -1.50. The summed E-state index contributed by atoms with van der Waals surface area (Å²) >= 11 is 0. The van der Waals surface area contributed by atoms with Crippen LogP contribution in [0.1, 0.15) is 0 Å². The lowest BCUT2D eigenvalue weighted by molar-refractivity contribution is -0.742. The summed E-state index contributed by atoms with van der Waals surface area (Å²) in [6, 6.07) is 4.16. The smallest absolute Gasteiger partial charge is 0.291 e. The van der Waals surface area contributed by atoms with E-state index in [9.17, 15) is 4.39 Å². The van der Waals surface area contributed by atoms with Crippen LogP contribution < -0.4 is 16.0 Å². The van der Waals surface area contributed by atoms with Crippen molar-refractivity contribution in [1.29, 1.82) is 0 Å². The average molecular weight is 219 g/mol. The van der Waals surface area contributed by atoms with Gasteiger partial charge in [-0.05, 0) is 6.07 Å². The van der Waals surface area contributed by atoms with Gasteiger partial charge in [0.1, 0.15) is 11.6 Å². The molecule has 0 amide bonds. The molecule has 8 heteroatoms. The van der Waals surface area contributed by atoms with Crippen LogP contribution in [-0.2, 0) is 0 Å². The Hall–Kier alpha value is -2.09. The Labute approximate surface area is 84.3 Å². The van der Waals surface area contributed by atoms with Crippen molar-refractivity contribution in [2.45, 2.75) is 0 Å². The van der Waals surface area contributed by atoms with Gasteiger partial charge in [0.15, 0.2) is 0 Å². The third-order valence-electron chi connectivity index (χ3n) is 1.27. The Kier molecular flexibility index (Phi) is 5.49. The number of rotatable bonds is 2. The monoisotopic (exact) mass is 219 g/mol. The SMILES string of the molecule is COc1cc(F)cc(NN)c1.O=[N+]([O-])O. The van der Waals surface area contributed by atoms with Crippen LogP contribution in [-0.4, -0.2) is 17.4 Å². The molecular weight excluding hydrogens is 209 g/mol. The topological polar surface area (TPSA) is 111 Å². The Bertz CT molecular complexity index is 308. The first-order valence-electron chi connectivity index (χ1n) is 3.64. The predicted molar refractivity (Wildman–Crippen MR) is 49.5 cm³/mol. The third-order valence-corrected chi connectivity index (χ3v) is 1.27. The second-order valence-electron chi connectivity index (χ2n) is 2.26. The summed E-state index contributed by atoms with van der Waals surface area (Å²) in [5, 5.41) is 13.6. The highest BCUT2D eigenvalue weighted by Crippen LogP contribution is 2.18. The average Bonchev–Trinajstić information content (AvgIpc) is 2.15. The van der Waals surface area contributed by atoms with Crippen molar-refractivity contribution < 1.29 is 19.4 Å². The first-order chi connectivity index (χ1) is 6.99. The maximum Gasteiger partial charge on any atom is 0.291 e. The van der Waals surface area contributed by atoms with E-state index in [2.05, 4.69) is 5.43 Å². The highest BCUT2D eigenvalue weighted by molar-refractivity contribution is 5.47. The molecule has 84 valence electrons. The summed E-state index contributed by atoms with van der Waals surface area (Å²) in [4.78, 5) is 8.36. The van der Waals surface area contributed by atoms with Gasteiger partial charge in [-0.1, -0.05) is 0 Å². The molecule has 0 saturated carbocycles. The quantitative estimate of drug-likeness (QED) is 0.385. The number of nitrogens with zero attached hydrogens (tertiary/aromatic N) is 1. The summed E-state index contributed by atoms with van der Waals surface area (Å²) in [5.41, 5.74) is 2.81.